The Morgan fingerprint density at radius 3 is 2.40 bits per heavy atom. The molecule has 0 radical (unpaired) electrons. The quantitative estimate of drug-likeness (QED) is 0.407. The van der Waals surface area contributed by atoms with Crippen LogP contribution in [0.1, 0.15) is 25.0 Å². The van der Waals surface area contributed by atoms with E-state index in [-0.39, 0.29) is 16.0 Å². The number of para-hydroxylation sites is 1. The number of nitro benzene ring substituents is 1. The maximum absolute atomic E-state index is 11.4. The van der Waals surface area contributed by atoms with Gasteiger partial charge in [0.15, 0.2) is 0 Å². The third kappa shape index (κ3) is 2.35. The average molecular weight is 350 g/mol. The van der Waals surface area contributed by atoms with Crippen LogP contribution < -0.4 is 0 Å². The number of nitrogens with zero attached hydrogens (tertiary/aromatic N) is 1. The van der Waals surface area contributed by atoms with Gasteiger partial charge < -0.3 is 0 Å². The van der Waals surface area contributed by atoms with Crippen molar-refractivity contribution in [3.63, 3.8) is 0 Å². The van der Waals surface area contributed by atoms with E-state index in [0.717, 1.165) is 21.7 Å². The third-order valence-corrected chi connectivity index (χ3v) is 5.28. The highest BCUT2D eigenvalue weighted by atomic mass is 35.5. The summed E-state index contributed by atoms with van der Waals surface area (Å²) in [6.45, 7) is 4.36. The first-order valence-corrected chi connectivity index (χ1v) is 8.46. The van der Waals surface area contributed by atoms with E-state index in [1.165, 1.54) is 11.1 Å². The second-order valence-electron chi connectivity index (χ2n) is 6.85. The molecule has 0 spiro atoms. The second-order valence-corrected chi connectivity index (χ2v) is 7.29. The smallest absolute Gasteiger partial charge is 0.258 e. The molecule has 25 heavy (non-hydrogen) atoms. The van der Waals surface area contributed by atoms with Crippen LogP contribution in [-0.4, -0.2) is 4.92 Å². The molecule has 0 saturated heterocycles. The Morgan fingerprint density at radius 1 is 0.880 bits per heavy atom. The molecule has 1 aliphatic rings. The first kappa shape index (κ1) is 15.9. The molecule has 0 fully saturated rings. The minimum atomic E-state index is -0.333. The predicted molar refractivity (Wildman–Crippen MR) is 101 cm³/mol. The van der Waals surface area contributed by atoms with E-state index in [2.05, 4.69) is 26.0 Å². The predicted octanol–water partition coefficient (Wildman–Crippen LogP) is 6.22. The number of benzene rings is 3. The summed E-state index contributed by atoms with van der Waals surface area (Å²) in [4.78, 5) is 11.0. The van der Waals surface area contributed by atoms with Crippen LogP contribution in [0.25, 0.3) is 22.3 Å². The van der Waals surface area contributed by atoms with Crippen molar-refractivity contribution >= 4 is 17.3 Å². The van der Waals surface area contributed by atoms with Gasteiger partial charge in [-0.05, 0) is 52.1 Å². The molecule has 0 bridgehead atoms. The van der Waals surface area contributed by atoms with E-state index < -0.39 is 0 Å². The van der Waals surface area contributed by atoms with Crippen molar-refractivity contribution in [1.82, 2.24) is 0 Å². The van der Waals surface area contributed by atoms with Gasteiger partial charge in [0.1, 0.15) is 0 Å². The highest BCUT2D eigenvalue weighted by molar-refractivity contribution is 6.30. The highest BCUT2D eigenvalue weighted by Crippen LogP contribution is 2.50. The van der Waals surface area contributed by atoms with Crippen LogP contribution in [0, 0.1) is 10.1 Å². The van der Waals surface area contributed by atoms with Crippen molar-refractivity contribution in [3.8, 4) is 22.3 Å². The lowest BCUT2D eigenvalue weighted by atomic mass is 9.82. The zero-order valence-electron chi connectivity index (χ0n) is 13.9. The molecule has 0 aromatic heterocycles. The monoisotopic (exact) mass is 349 g/mol. The largest absolute Gasteiger partial charge is 0.277 e. The number of fused-ring (bicyclic) bond motifs is 3. The summed E-state index contributed by atoms with van der Waals surface area (Å²) in [6.07, 6.45) is 0. The second kappa shape index (κ2) is 5.43. The van der Waals surface area contributed by atoms with Gasteiger partial charge in [0.05, 0.1) is 10.5 Å². The molecule has 4 rings (SSSR count). The highest BCUT2D eigenvalue weighted by Gasteiger charge is 2.35. The summed E-state index contributed by atoms with van der Waals surface area (Å²) >= 11 is 6.20. The Balaban J connectivity index is 1.95. The summed E-state index contributed by atoms with van der Waals surface area (Å²) in [5, 5.41) is 12.1. The fourth-order valence-corrected chi connectivity index (χ4v) is 3.94. The number of rotatable bonds is 2. The van der Waals surface area contributed by atoms with Crippen LogP contribution in [0.3, 0.4) is 0 Å². The Labute approximate surface area is 151 Å². The van der Waals surface area contributed by atoms with E-state index in [0.29, 0.717) is 5.56 Å². The number of halogens is 1. The topological polar surface area (TPSA) is 43.1 Å². The molecule has 0 amide bonds. The van der Waals surface area contributed by atoms with Crippen LogP contribution in [-0.2, 0) is 5.41 Å². The van der Waals surface area contributed by atoms with Gasteiger partial charge in [-0.2, -0.15) is 0 Å². The van der Waals surface area contributed by atoms with Crippen molar-refractivity contribution in [1.29, 1.82) is 0 Å². The zero-order chi connectivity index (χ0) is 17.8. The molecular formula is C21H16ClNO2. The van der Waals surface area contributed by atoms with Gasteiger partial charge in [-0.25, -0.2) is 0 Å². The fourth-order valence-electron chi connectivity index (χ4n) is 3.77. The Hall–Kier alpha value is -2.65. The van der Waals surface area contributed by atoms with Crippen LogP contribution in [0.2, 0.25) is 5.02 Å². The maximum atomic E-state index is 11.4. The summed E-state index contributed by atoms with van der Waals surface area (Å²) in [5.41, 5.74) is 6.13. The Kier molecular flexibility index (Phi) is 3.44. The van der Waals surface area contributed by atoms with Crippen molar-refractivity contribution < 1.29 is 4.92 Å². The Bertz CT molecular complexity index is 1020. The fraction of sp³-hybridized carbons (Fsp3) is 0.143. The van der Waals surface area contributed by atoms with E-state index in [1.807, 2.05) is 30.3 Å². The molecule has 1 aliphatic carbocycles. The molecule has 0 heterocycles. The molecule has 3 aromatic carbocycles. The molecular weight excluding hydrogens is 334 g/mol. The first-order chi connectivity index (χ1) is 11.9. The lowest BCUT2D eigenvalue weighted by Gasteiger charge is -2.21. The summed E-state index contributed by atoms with van der Waals surface area (Å²) in [6, 6.07) is 18.9. The minimum Gasteiger partial charge on any atom is -0.258 e. The van der Waals surface area contributed by atoms with Crippen LogP contribution in [0.5, 0.6) is 0 Å². The minimum absolute atomic E-state index is 0.121. The van der Waals surface area contributed by atoms with Crippen LogP contribution in [0.4, 0.5) is 5.69 Å². The molecule has 0 N–H and O–H groups in total. The van der Waals surface area contributed by atoms with Crippen molar-refractivity contribution in [2.75, 3.05) is 0 Å². The van der Waals surface area contributed by atoms with E-state index in [9.17, 15) is 10.1 Å². The summed E-state index contributed by atoms with van der Waals surface area (Å²) in [7, 11) is 0. The summed E-state index contributed by atoms with van der Waals surface area (Å²) < 4.78 is 0. The summed E-state index contributed by atoms with van der Waals surface area (Å²) in [5.74, 6) is 0. The number of hydrogen-bond donors (Lipinski definition) is 0. The lowest BCUT2D eigenvalue weighted by molar-refractivity contribution is -0.384. The molecule has 0 saturated carbocycles. The van der Waals surface area contributed by atoms with E-state index in [4.69, 9.17) is 11.6 Å². The van der Waals surface area contributed by atoms with E-state index >= 15 is 0 Å². The number of nitro groups is 1. The first-order valence-electron chi connectivity index (χ1n) is 8.08. The van der Waals surface area contributed by atoms with Gasteiger partial charge in [-0.3, -0.25) is 10.1 Å². The van der Waals surface area contributed by atoms with Gasteiger partial charge in [-0.1, -0.05) is 55.8 Å². The van der Waals surface area contributed by atoms with E-state index in [1.54, 1.807) is 18.2 Å². The maximum Gasteiger partial charge on any atom is 0.277 e. The van der Waals surface area contributed by atoms with Crippen molar-refractivity contribution in [2.24, 2.45) is 0 Å². The molecule has 124 valence electrons. The van der Waals surface area contributed by atoms with Gasteiger partial charge in [0.2, 0.25) is 0 Å². The Morgan fingerprint density at radius 2 is 1.64 bits per heavy atom. The van der Waals surface area contributed by atoms with Gasteiger partial charge in [0, 0.05) is 16.5 Å². The molecule has 0 aliphatic heterocycles. The normalized spacial score (nSPS) is 14.0. The molecule has 3 nitrogen and oxygen atoms in total. The molecule has 3 aromatic rings. The average Bonchev–Trinajstić information content (AvgIpc) is 2.82. The molecule has 4 heteroatoms. The van der Waals surface area contributed by atoms with Crippen LogP contribution >= 0.6 is 11.6 Å². The lowest BCUT2D eigenvalue weighted by Crippen LogP contribution is -2.14. The van der Waals surface area contributed by atoms with Crippen LogP contribution in [0.15, 0.2) is 60.7 Å². The SMILES string of the molecule is CC1(C)c2ccc(-c3ccccc3[N+](=O)[O-])cc2-c2ccc(Cl)cc21. The molecule has 0 unspecified atom stereocenters. The standard InChI is InChI=1S/C21H16ClNO2/c1-21(2)18-10-7-13(15-5-3-4-6-20(15)23(24)25)11-17(18)16-9-8-14(22)12-19(16)21/h3-12H,1-2H3. The number of hydrogen-bond acceptors (Lipinski definition) is 2. The van der Waals surface area contributed by atoms with Gasteiger partial charge in [0.25, 0.3) is 5.69 Å². The van der Waals surface area contributed by atoms with Gasteiger partial charge in [-0.15, -0.1) is 0 Å². The zero-order valence-corrected chi connectivity index (χ0v) is 14.7. The van der Waals surface area contributed by atoms with Crippen molar-refractivity contribution in [3.05, 3.63) is 86.9 Å². The third-order valence-electron chi connectivity index (χ3n) is 5.05. The van der Waals surface area contributed by atoms with Gasteiger partial charge >= 0.3 is 0 Å². The molecule has 0 atom stereocenters. The van der Waals surface area contributed by atoms with Crippen molar-refractivity contribution in [2.45, 2.75) is 19.3 Å².